The standard InChI is InChI=1S/C23H29FN2O4S/c1-17-7-3-6-10-22(17)30-15-18(2)25-23(27)19-11-13-26(14-12-19)31(28,29)16-20-8-4-5-9-21(20)24/h3-10,18-19H,11-16H2,1-2H3,(H,25,27)/t18-/m0/s1. The highest BCUT2D eigenvalue weighted by molar-refractivity contribution is 7.88. The number of rotatable bonds is 8. The topological polar surface area (TPSA) is 75.7 Å². The number of piperidine rings is 1. The zero-order chi connectivity index (χ0) is 22.4. The molecular weight excluding hydrogens is 419 g/mol. The Morgan fingerprint density at radius 2 is 1.81 bits per heavy atom. The summed E-state index contributed by atoms with van der Waals surface area (Å²) in [6.45, 7) is 4.70. The lowest BCUT2D eigenvalue weighted by atomic mass is 9.97. The van der Waals surface area contributed by atoms with Gasteiger partial charge in [-0.3, -0.25) is 4.79 Å². The summed E-state index contributed by atoms with van der Waals surface area (Å²) in [5.41, 5.74) is 1.19. The average molecular weight is 449 g/mol. The van der Waals surface area contributed by atoms with Crippen molar-refractivity contribution in [2.24, 2.45) is 5.92 Å². The third kappa shape index (κ3) is 6.27. The van der Waals surface area contributed by atoms with E-state index in [9.17, 15) is 17.6 Å². The fourth-order valence-corrected chi connectivity index (χ4v) is 5.21. The van der Waals surface area contributed by atoms with Crippen LogP contribution in [0.3, 0.4) is 0 Å². The van der Waals surface area contributed by atoms with Gasteiger partial charge in [-0.15, -0.1) is 0 Å². The number of nitrogens with zero attached hydrogens (tertiary/aromatic N) is 1. The first-order valence-electron chi connectivity index (χ1n) is 10.5. The molecule has 31 heavy (non-hydrogen) atoms. The second kappa shape index (κ2) is 10.2. The maximum atomic E-state index is 13.8. The molecule has 0 aromatic heterocycles. The van der Waals surface area contributed by atoms with Gasteiger partial charge in [0.25, 0.3) is 0 Å². The molecule has 1 aliphatic rings. The Bertz CT molecular complexity index is 1000. The van der Waals surface area contributed by atoms with Crippen LogP contribution in [0, 0.1) is 18.7 Å². The van der Waals surface area contributed by atoms with Crippen LogP contribution in [0.2, 0.25) is 0 Å². The first-order valence-corrected chi connectivity index (χ1v) is 12.1. The quantitative estimate of drug-likeness (QED) is 0.673. The Labute approximate surface area is 183 Å². The van der Waals surface area contributed by atoms with Crippen LogP contribution in [0.4, 0.5) is 4.39 Å². The number of sulfonamides is 1. The molecule has 3 rings (SSSR count). The number of nitrogens with one attached hydrogen (secondary N) is 1. The van der Waals surface area contributed by atoms with E-state index in [-0.39, 0.29) is 42.3 Å². The molecule has 0 aliphatic carbocycles. The molecule has 0 spiro atoms. The zero-order valence-corrected chi connectivity index (χ0v) is 18.7. The van der Waals surface area contributed by atoms with Crippen molar-refractivity contribution in [1.29, 1.82) is 0 Å². The van der Waals surface area contributed by atoms with Gasteiger partial charge in [0.15, 0.2) is 0 Å². The van der Waals surface area contributed by atoms with E-state index in [1.54, 1.807) is 6.07 Å². The molecule has 1 heterocycles. The molecule has 0 saturated carbocycles. The molecule has 168 valence electrons. The Hall–Kier alpha value is -2.45. The van der Waals surface area contributed by atoms with E-state index in [4.69, 9.17) is 4.74 Å². The van der Waals surface area contributed by atoms with E-state index >= 15 is 0 Å². The van der Waals surface area contributed by atoms with Crippen LogP contribution >= 0.6 is 0 Å². The van der Waals surface area contributed by atoms with Gasteiger partial charge in [-0.1, -0.05) is 36.4 Å². The van der Waals surface area contributed by atoms with Crippen molar-refractivity contribution in [1.82, 2.24) is 9.62 Å². The molecule has 1 N–H and O–H groups in total. The highest BCUT2D eigenvalue weighted by Crippen LogP contribution is 2.23. The predicted molar refractivity (Wildman–Crippen MR) is 118 cm³/mol. The van der Waals surface area contributed by atoms with Crippen LogP contribution in [0.15, 0.2) is 48.5 Å². The molecule has 0 bridgehead atoms. The first-order chi connectivity index (χ1) is 14.8. The van der Waals surface area contributed by atoms with Gasteiger partial charge in [0.05, 0.1) is 11.8 Å². The normalized spacial score (nSPS) is 16.6. The van der Waals surface area contributed by atoms with Crippen molar-refractivity contribution in [3.05, 3.63) is 65.5 Å². The number of para-hydroxylation sites is 1. The van der Waals surface area contributed by atoms with Crippen molar-refractivity contribution in [3.63, 3.8) is 0 Å². The maximum Gasteiger partial charge on any atom is 0.223 e. The lowest BCUT2D eigenvalue weighted by molar-refractivity contribution is -0.126. The van der Waals surface area contributed by atoms with Gasteiger partial charge in [0, 0.05) is 24.6 Å². The summed E-state index contributed by atoms with van der Waals surface area (Å²) in [7, 11) is -3.63. The van der Waals surface area contributed by atoms with Crippen LogP contribution in [-0.4, -0.2) is 44.4 Å². The fraction of sp³-hybridized carbons (Fsp3) is 0.435. The number of carbonyl (C=O) groups is 1. The van der Waals surface area contributed by atoms with Crippen LogP contribution in [0.25, 0.3) is 0 Å². The molecule has 2 aromatic carbocycles. The van der Waals surface area contributed by atoms with E-state index in [0.717, 1.165) is 11.3 Å². The molecule has 0 unspecified atom stereocenters. The summed E-state index contributed by atoms with van der Waals surface area (Å²) < 4.78 is 46.3. The maximum absolute atomic E-state index is 13.8. The number of hydrogen-bond acceptors (Lipinski definition) is 4. The lowest BCUT2D eigenvalue weighted by Gasteiger charge is -2.31. The number of amides is 1. The van der Waals surface area contributed by atoms with Crippen LogP contribution in [0.1, 0.15) is 30.9 Å². The van der Waals surface area contributed by atoms with Crippen molar-refractivity contribution >= 4 is 15.9 Å². The van der Waals surface area contributed by atoms with Gasteiger partial charge < -0.3 is 10.1 Å². The van der Waals surface area contributed by atoms with Gasteiger partial charge >= 0.3 is 0 Å². The molecule has 2 aromatic rings. The second-order valence-corrected chi connectivity index (χ2v) is 9.98. The van der Waals surface area contributed by atoms with Crippen LogP contribution in [0.5, 0.6) is 5.75 Å². The number of aryl methyl sites for hydroxylation is 1. The zero-order valence-electron chi connectivity index (χ0n) is 17.9. The second-order valence-electron chi connectivity index (χ2n) is 8.01. The molecule has 1 amide bonds. The lowest BCUT2D eigenvalue weighted by Crippen LogP contribution is -2.46. The Kier molecular flexibility index (Phi) is 7.67. The molecule has 1 aliphatic heterocycles. The number of benzene rings is 2. The number of ether oxygens (including phenoxy) is 1. The van der Waals surface area contributed by atoms with E-state index < -0.39 is 15.8 Å². The monoisotopic (exact) mass is 448 g/mol. The molecule has 1 atom stereocenters. The largest absolute Gasteiger partial charge is 0.491 e. The molecule has 1 saturated heterocycles. The number of halogens is 1. The van der Waals surface area contributed by atoms with Gasteiger partial charge in [-0.05, 0) is 44.4 Å². The molecule has 6 nitrogen and oxygen atoms in total. The van der Waals surface area contributed by atoms with Crippen LogP contribution < -0.4 is 10.1 Å². The highest BCUT2D eigenvalue weighted by Gasteiger charge is 2.32. The molecule has 8 heteroatoms. The Balaban J connectivity index is 1.47. The van der Waals surface area contributed by atoms with Gasteiger partial charge in [-0.2, -0.15) is 0 Å². The summed E-state index contributed by atoms with van der Waals surface area (Å²) in [6, 6.07) is 13.4. The summed E-state index contributed by atoms with van der Waals surface area (Å²) in [4.78, 5) is 12.6. The fourth-order valence-electron chi connectivity index (χ4n) is 3.63. The minimum Gasteiger partial charge on any atom is -0.491 e. The Morgan fingerprint density at radius 3 is 2.48 bits per heavy atom. The summed E-state index contributed by atoms with van der Waals surface area (Å²) in [5, 5.41) is 2.96. The molecular formula is C23H29FN2O4S. The van der Waals surface area contributed by atoms with Crippen molar-refractivity contribution in [2.45, 2.75) is 38.5 Å². The summed E-state index contributed by atoms with van der Waals surface area (Å²) >= 11 is 0. The SMILES string of the molecule is Cc1ccccc1OC[C@H](C)NC(=O)C1CCN(S(=O)(=O)Cc2ccccc2F)CC1. The highest BCUT2D eigenvalue weighted by atomic mass is 32.2. The van der Waals surface area contributed by atoms with Crippen LogP contribution in [-0.2, 0) is 20.6 Å². The van der Waals surface area contributed by atoms with Crippen molar-refractivity contribution in [3.8, 4) is 5.75 Å². The smallest absolute Gasteiger partial charge is 0.223 e. The van der Waals surface area contributed by atoms with Crippen molar-refractivity contribution < 1.29 is 22.3 Å². The molecule has 0 radical (unpaired) electrons. The molecule has 1 fully saturated rings. The van der Waals surface area contributed by atoms with E-state index in [1.165, 1.54) is 22.5 Å². The average Bonchev–Trinajstić information content (AvgIpc) is 2.75. The van der Waals surface area contributed by atoms with Gasteiger partial charge in [-0.25, -0.2) is 17.1 Å². The minimum absolute atomic E-state index is 0.0907. The first kappa shape index (κ1) is 23.2. The summed E-state index contributed by atoms with van der Waals surface area (Å²) in [6.07, 6.45) is 0.876. The third-order valence-corrected chi connectivity index (χ3v) is 7.31. The number of hydrogen-bond donors (Lipinski definition) is 1. The Morgan fingerprint density at radius 1 is 1.16 bits per heavy atom. The third-order valence-electron chi connectivity index (χ3n) is 5.48. The van der Waals surface area contributed by atoms with Gasteiger partial charge in [0.1, 0.15) is 18.2 Å². The van der Waals surface area contributed by atoms with Crippen molar-refractivity contribution in [2.75, 3.05) is 19.7 Å². The minimum atomic E-state index is -3.63. The predicted octanol–water partition coefficient (Wildman–Crippen LogP) is 3.26. The van der Waals surface area contributed by atoms with E-state index in [2.05, 4.69) is 5.32 Å². The van der Waals surface area contributed by atoms with Gasteiger partial charge in [0.2, 0.25) is 15.9 Å². The summed E-state index contributed by atoms with van der Waals surface area (Å²) in [5.74, 6) is -0.448. The number of carbonyl (C=O) groups excluding carboxylic acids is 1. The van der Waals surface area contributed by atoms with E-state index in [0.29, 0.717) is 19.4 Å². The van der Waals surface area contributed by atoms with E-state index in [1.807, 2.05) is 38.1 Å².